The summed E-state index contributed by atoms with van der Waals surface area (Å²) in [6.07, 6.45) is 1.43. The third-order valence-corrected chi connectivity index (χ3v) is 4.19. The Morgan fingerprint density at radius 2 is 1.58 bits per heavy atom. The Morgan fingerprint density at radius 3 is 2.12 bits per heavy atom. The number of carbonyl (C=O) groups is 2. The Hall–Kier alpha value is -1.20. The minimum absolute atomic E-state index is 0.156. The zero-order valence-corrected chi connectivity index (χ0v) is 15.5. The van der Waals surface area contributed by atoms with Gasteiger partial charge in [-0.05, 0) is 35.9 Å². The molecule has 1 radical (unpaired) electrons. The van der Waals surface area contributed by atoms with Crippen LogP contribution in [0.3, 0.4) is 0 Å². The lowest BCUT2D eigenvalue weighted by atomic mass is 10.0. The van der Waals surface area contributed by atoms with Crippen LogP contribution in [-0.4, -0.2) is 23.5 Å². The predicted molar refractivity (Wildman–Crippen MR) is 101 cm³/mol. The van der Waals surface area contributed by atoms with E-state index in [1.807, 2.05) is 0 Å². The summed E-state index contributed by atoms with van der Waals surface area (Å²) in [7, 11) is 0. The van der Waals surface area contributed by atoms with E-state index in [2.05, 4.69) is 17.9 Å². The van der Waals surface area contributed by atoms with Crippen molar-refractivity contribution in [1.29, 1.82) is 0 Å². The highest BCUT2D eigenvalue weighted by atomic mass is 35.5. The largest absolute Gasteiger partial charge is 0.341 e. The molecule has 0 saturated heterocycles. The molecule has 7 heteroatoms. The van der Waals surface area contributed by atoms with Crippen LogP contribution in [0.5, 0.6) is 0 Å². The van der Waals surface area contributed by atoms with Crippen molar-refractivity contribution in [1.82, 2.24) is 5.32 Å². The highest BCUT2D eigenvalue weighted by Gasteiger charge is 2.21. The van der Waals surface area contributed by atoms with E-state index in [0.717, 1.165) is 0 Å². The van der Waals surface area contributed by atoms with Crippen LogP contribution in [0.25, 0.3) is 0 Å². The molecule has 24 heavy (non-hydrogen) atoms. The van der Waals surface area contributed by atoms with Gasteiger partial charge in [-0.15, -0.1) is 0 Å². The Labute approximate surface area is 160 Å². The van der Waals surface area contributed by atoms with Gasteiger partial charge in [-0.2, -0.15) is 12.6 Å². The molecule has 0 bridgehead atoms. The number of amides is 1. The van der Waals surface area contributed by atoms with Crippen molar-refractivity contribution in [2.75, 3.05) is 5.75 Å². The molecule has 2 aromatic rings. The lowest BCUT2D eigenvalue weighted by Crippen LogP contribution is -2.42. The number of halogens is 3. The molecule has 0 aromatic heterocycles. The van der Waals surface area contributed by atoms with Gasteiger partial charge < -0.3 is 5.32 Å². The number of carbonyl (C=O) groups excluding carboxylic acids is 2. The summed E-state index contributed by atoms with van der Waals surface area (Å²) in [4.78, 5) is 24.6. The van der Waals surface area contributed by atoms with Crippen molar-refractivity contribution in [3.63, 3.8) is 0 Å². The topological polar surface area (TPSA) is 46.2 Å². The number of thiol groups is 1. The van der Waals surface area contributed by atoms with E-state index in [0.29, 0.717) is 20.6 Å². The summed E-state index contributed by atoms with van der Waals surface area (Å²) < 4.78 is 0. The van der Waals surface area contributed by atoms with Gasteiger partial charge in [0.25, 0.3) is 5.91 Å². The quantitative estimate of drug-likeness (QED) is 0.700. The van der Waals surface area contributed by atoms with Crippen LogP contribution in [0.1, 0.15) is 15.9 Å². The molecular weight excluding hydrogens is 389 g/mol. The van der Waals surface area contributed by atoms with Gasteiger partial charge in [-0.1, -0.05) is 46.9 Å². The Balaban J connectivity index is 2.06. The molecule has 0 aliphatic carbocycles. The fourth-order valence-electron chi connectivity index (χ4n) is 1.96. The van der Waals surface area contributed by atoms with Crippen LogP contribution < -0.4 is 5.32 Å². The molecule has 0 spiro atoms. The maximum Gasteiger partial charge on any atom is 0.251 e. The minimum Gasteiger partial charge on any atom is -0.341 e. The number of Topliss-reactive ketones (excluding diaryl/α,β-unsaturated/α-hetero) is 1. The molecule has 0 fully saturated rings. The van der Waals surface area contributed by atoms with Gasteiger partial charge in [-0.3, -0.25) is 9.59 Å². The second kappa shape index (κ2) is 8.77. The van der Waals surface area contributed by atoms with Gasteiger partial charge in [0.05, 0.1) is 12.5 Å². The molecule has 3 nitrogen and oxygen atoms in total. The Morgan fingerprint density at radius 1 is 1.00 bits per heavy atom. The van der Waals surface area contributed by atoms with Gasteiger partial charge in [0.15, 0.2) is 5.78 Å². The van der Waals surface area contributed by atoms with Crippen LogP contribution in [0.15, 0.2) is 42.5 Å². The maximum atomic E-state index is 12.3. The first-order valence-electron chi connectivity index (χ1n) is 6.91. The third-order valence-electron chi connectivity index (χ3n) is 3.14. The van der Waals surface area contributed by atoms with E-state index in [-0.39, 0.29) is 17.1 Å². The molecule has 0 aliphatic heterocycles. The number of benzene rings is 2. The predicted octanol–water partition coefficient (Wildman–Crippen LogP) is 4.50. The van der Waals surface area contributed by atoms with Crippen LogP contribution >= 0.6 is 47.4 Å². The average molecular weight is 402 g/mol. The number of hydrogen-bond acceptors (Lipinski definition) is 3. The van der Waals surface area contributed by atoms with Crippen LogP contribution in [0, 0.1) is 6.42 Å². The Kier molecular flexibility index (Phi) is 6.99. The third kappa shape index (κ3) is 5.42. The second-order valence-corrected chi connectivity index (χ2v) is 6.64. The van der Waals surface area contributed by atoms with Crippen molar-refractivity contribution in [2.45, 2.75) is 6.04 Å². The summed E-state index contributed by atoms with van der Waals surface area (Å²) in [5.41, 5.74) is 0.967. The minimum atomic E-state index is -0.769. The van der Waals surface area contributed by atoms with E-state index in [4.69, 9.17) is 34.8 Å². The van der Waals surface area contributed by atoms with Crippen molar-refractivity contribution >= 4 is 59.1 Å². The lowest BCUT2D eigenvalue weighted by Gasteiger charge is -2.15. The van der Waals surface area contributed by atoms with Crippen molar-refractivity contribution in [3.8, 4) is 0 Å². The van der Waals surface area contributed by atoms with Gasteiger partial charge >= 0.3 is 0 Å². The summed E-state index contributed by atoms with van der Waals surface area (Å²) in [5, 5.41) is 3.89. The zero-order chi connectivity index (χ0) is 17.7. The highest BCUT2D eigenvalue weighted by Crippen LogP contribution is 2.19. The van der Waals surface area contributed by atoms with Gasteiger partial charge in [-0.25, -0.2) is 0 Å². The molecule has 1 amide bonds. The van der Waals surface area contributed by atoms with E-state index in [9.17, 15) is 9.59 Å². The average Bonchev–Trinajstić information content (AvgIpc) is 2.53. The van der Waals surface area contributed by atoms with E-state index >= 15 is 0 Å². The first-order valence-corrected chi connectivity index (χ1v) is 8.67. The molecule has 1 atom stereocenters. The molecule has 1 N–H and O–H groups in total. The molecule has 2 rings (SSSR count). The first-order chi connectivity index (χ1) is 11.4. The van der Waals surface area contributed by atoms with E-state index < -0.39 is 11.9 Å². The number of hydrogen-bond donors (Lipinski definition) is 2. The van der Waals surface area contributed by atoms with Crippen molar-refractivity contribution in [3.05, 3.63) is 75.1 Å². The second-order valence-electron chi connectivity index (χ2n) is 4.97. The molecule has 0 heterocycles. The summed E-state index contributed by atoms with van der Waals surface area (Å²) >= 11 is 21.7. The normalized spacial score (nSPS) is 11.8. The SMILES string of the molecule is O=C(N[C@H](CS)C(=O)[CH]c1ccc(Cl)cc1)c1cc(Cl)cc(Cl)c1. The fraction of sp³-hybridized carbons (Fsp3) is 0.118. The Bertz CT molecular complexity index is 730. The van der Waals surface area contributed by atoms with Gasteiger partial charge in [0.1, 0.15) is 0 Å². The standard InChI is InChI=1S/C17H13Cl3NO2S/c18-12-3-1-10(2-4-12)5-16(22)15(9-24)21-17(23)11-6-13(19)8-14(20)7-11/h1-8,15,24H,9H2,(H,21,23)/t15-/m1/s1. The van der Waals surface area contributed by atoms with E-state index in [1.165, 1.54) is 24.6 Å². The van der Waals surface area contributed by atoms with Gasteiger partial charge in [0.2, 0.25) is 0 Å². The maximum absolute atomic E-state index is 12.3. The van der Waals surface area contributed by atoms with Crippen LogP contribution in [-0.2, 0) is 4.79 Å². The number of rotatable bonds is 6. The zero-order valence-electron chi connectivity index (χ0n) is 12.3. The number of ketones is 1. The summed E-state index contributed by atoms with van der Waals surface area (Å²) in [5.74, 6) is -0.562. The first kappa shape index (κ1) is 19.1. The fourth-order valence-corrected chi connectivity index (χ4v) is 2.88. The smallest absolute Gasteiger partial charge is 0.251 e. The summed E-state index contributed by atoms with van der Waals surface area (Å²) in [6, 6.07) is 10.5. The number of nitrogens with one attached hydrogen (secondary N) is 1. The van der Waals surface area contributed by atoms with E-state index in [1.54, 1.807) is 24.3 Å². The molecular formula is C17H13Cl3NO2S. The highest BCUT2D eigenvalue weighted by molar-refractivity contribution is 7.80. The van der Waals surface area contributed by atoms with Crippen LogP contribution in [0.4, 0.5) is 0 Å². The molecule has 0 aliphatic rings. The van der Waals surface area contributed by atoms with Gasteiger partial charge in [0, 0.05) is 26.4 Å². The monoisotopic (exact) mass is 400 g/mol. The van der Waals surface area contributed by atoms with Crippen LogP contribution in [0.2, 0.25) is 15.1 Å². The summed E-state index contributed by atoms with van der Waals surface area (Å²) in [6.45, 7) is 0. The van der Waals surface area contributed by atoms with Crippen molar-refractivity contribution in [2.24, 2.45) is 0 Å². The molecule has 125 valence electrons. The molecule has 2 aromatic carbocycles. The van der Waals surface area contributed by atoms with Crippen molar-refractivity contribution < 1.29 is 9.59 Å². The molecule has 0 saturated carbocycles. The lowest BCUT2D eigenvalue weighted by molar-refractivity contribution is -0.116. The molecule has 0 unspecified atom stereocenters.